The van der Waals surface area contributed by atoms with E-state index in [4.69, 9.17) is 4.74 Å². The Hall–Kier alpha value is -1.96. The number of fused-ring (bicyclic) bond motifs is 4. The van der Waals surface area contributed by atoms with Gasteiger partial charge in [0.15, 0.2) is 11.6 Å². The van der Waals surface area contributed by atoms with Crippen LogP contribution >= 0.6 is 0 Å². The molecular formula is C18H26FN5O2. The van der Waals surface area contributed by atoms with E-state index in [2.05, 4.69) is 14.9 Å². The van der Waals surface area contributed by atoms with Crippen LogP contribution in [0.25, 0.3) is 0 Å². The molecule has 4 saturated heterocycles. The van der Waals surface area contributed by atoms with E-state index in [1.807, 2.05) is 9.80 Å². The predicted octanol–water partition coefficient (Wildman–Crippen LogP) is 1.29. The highest BCUT2D eigenvalue weighted by Gasteiger charge is 2.41. The molecule has 1 aromatic rings. The Morgan fingerprint density at radius 2 is 2.04 bits per heavy atom. The van der Waals surface area contributed by atoms with Crippen molar-refractivity contribution < 1.29 is 13.9 Å². The van der Waals surface area contributed by atoms with E-state index in [0.717, 1.165) is 38.8 Å². The summed E-state index contributed by atoms with van der Waals surface area (Å²) in [5.41, 5.74) is 0. The number of aromatic nitrogens is 2. The molecule has 0 N–H and O–H groups in total. The monoisotopic (exact) mass is 363 g/mol. The third kappa shape index (κ3) is 3.22. The summed E-state index contributed by atoms with van der Waals surface area (Å²) in [6.07, 6.45) is 5.28. The minimum atomic E-state index is -0.369. The molecule has 5 rings (SSSR count). The second-order valence-electron chi connectivity index (χ2n) is 7.39. The van der Waals surface area contributed by atoms with E-state index in [9.17, 15) is 9.18 Å². The van der Waals surface area contributed by atoms with Crippen LogP contribution in [0.15, 0.2) is 6.20 Å². The number of rotatable bonds is 5. The van der Waals surface area contributed by atoms with Crippen LogP contribution < -0.4 is 9.80 Å². The fourth-order valence-electron chi connectivity index (χ4n) is 4.34. The van der Waals surface area contributed by atoms with E-state index < -0.39 is 0 Å². The minimum absolute atomic E-state index is 0.0468. The maximum atomic E-state index is 14.2. The number of carbonyl (C=O) groups is 1. The molecule has 1 aromatic heterocycles. The van der Waals surface area contributed by atoms with Crippen LogP contribution in [0.5, 0.6) is 0 Å². The Labute approximate surface area is 153 Å². The molecule has 0 unspecified atom stereocenters. The molecule has 0 aromatic carbocycles. The Kier molecular flexibility index (Phi) is 4.93. The van der Waals surface area contributed by atoms with Crippen LogP contribution in [-0.4, -0.2) is 73.3 Å². The van der Waals surface area contributed by atoms with Gasteiger partial charge in [-0.1, -0.05) is 0 Å². The fourth-order valence-corrected chi connectivity index (χ4v) is 4.34. The van der Waals surface area contributed by atoms with Crippen molar-refractivity contribution >= 4 is 17.7 Å². The summed E-state index contributed by atoms with van der Waals surface area (Å²) >= 11 is 0. The Morgan fingerprint density at radius 1 is 1.23 bits per heavy atom. The van der Waals surface area contributed by atoms with Gasteiger partial charge in [-0.25, -0.2) is 9.37 Å². The summed E-state index contributed by atoms with van der Waals surface area (Å²) in [6, 6.07) is 0.139. The molecule has 0 saturated carbocycles. The van der Waals surface area contributed by atoms with Crippen molar-refractivity contribution in [1.29, 1.82) is 0 Å². The molecule has 5 heterocycles. The smallest absolute Gasteiger partial charge is 0.227 e. The Bertz CT molecular complexity index is 667. The zero-order valence-corrected chi connectivity index (χ0v) is 15.2. The van der Waals surface area contributed by atoms with Gasteiger partial charge in [0.1, 0.15) is 0 Å². The van der Waals surface area contributed by atoms with Crippen molar-refractivity contribution in [1.82, 2.24) is 14.9 Å². The first kappa shape index (κ1) is 17.5. The Morgan fingerprint density at radius 3 is 2.81 bits per heavy atom. The van der Waals surface area contributed by atoms with Gasteiger partial charge in [-0.3, -0.25) is 4.79 Å². The van der Waals surface area contributed by atoms with Gasteiger partial charge in [0.25, 0.3) is 0 Å². The van der Waals surface area contributed by atoms with Gasteiger partial charge in [-0.05, 0) is 25.7 Å². The summed E-state index contributed by atoms with van der Waals surface area (Å²) in [5.74, 6) is 0.710. The van der Waals surface area contributed by atoms with Crippen LogP contribution in [-0.2, 0) is 9.53 Å². The highest BCUT2D eigenvalue weighted by molar-refractivity contribution is 5.81. The molecule has 4 aliphatic rings. The number of amides is 1. The standard InChI is InChI=1S/C18H26FN5O2/c1-26-9-8-24-14-5-4-13(17(24)25)11-23(12-14)18-20-10-15(19)16(21-18)22-6-2-3-7-22/h10,13-14H,2-9,11-12H2,1H3/t13-,14+/m1/s1. The van der Waals surface area contributed by atoms with Crippen molar-refractivity contribution in [3.63, 3.8) is 0 Å². The molecule has 0 radical (unpaired) electrons. The molecule has 0 spiro atoms. The van der Waals surface area contributed by atoms with Gasteiger partial charge in [-0.15, -0.1) is 0 Å². The SMILES string of the molecule is COCCN1C(=O)[C@@H]2CC[C@H]1CN(c1ncc(F)c(N3CCCC3)n1)C2. The highest BCUT2D eigenvalue weighted by Crippen LogP contribution is 2.31. The first-order valence-corrected chi connectivity index (χ1v) is 9.49. The van der Waals surface area contributed by atoms with E-state index >= 15 is 0 Å². The molecule has 0 aliphatic carbocycles. The number of piperidine rings is 1. The average molecular weight is 363 g/mol. The number of carbonyl (C=O) groups excluding carboxylic acids is 1. The van der Waals surface area contributed by atoms with E-state index in [0.29, 0.717) is 38.0 Å². The molecule has 7 nitrogen and oxygen atoms in total. The average Bonchev–Trinajstić information content (AvgIpc) is 3.04. The van der Waals surface area contributed by atoms with Crippen molar-refractivity contribution in [2.75, 3.05) is 56.2 Å². The van der Waals surface area contributed by atoms with Crippen LogP contribution in [0, 0.1) is 11.7 Å². The largest absolute Gasteiger partial charge is 0.383 e. The quantitative estimate of drug-likeness (QED) is 0.786. The third-order valence-corrected chi connectivity index (χ3v) is 5.73. The maximum absolute atomic E-state index is 14.2. The molecular weight excluding hydrogens is 337 g/mol. The van der Waals surface area contributed by atoms with Gasteiger partial charge < -0.3 is 19.4 Å². The first-order valence-electron chi connectivity index (χ1n) is 9.49. The second kappa shape index (κ2) is 7.34. The maximum Gasteiger partial charge on any atom is 0.227 e. The summed E-state index contributed by atoms with van der Waals surface area (Å²) in [5, 5.41) is 0. The van der Waals surface area contributed by atoms with Crippen molar-refractivity contribution in [2.45, 2.75) is 31.7 Å². The molecule has 4 aliphatic heterocycles. The zero-order valence-electron chi connectivity index (χ0n) is 15.2. The molecule has 26 heavy (non-hydrogen) atoms. The van der Waals surface area contributed by atoms with E-state index in [-0.39, 0.29) is 23.7 Å². The van der Waals surface area contributed by atoms with Gasteiger partial charge >= 0.3 is 0 Å². The van der Waals surface area contributed by atoms with Gasteiger partial charge in [0, 0.05) is 45.9 Å². The normalized spacial score (nSPS) is 25.9. The lowest BCUT2D eigenvalue weighted by Crippen LogP contribution is -2.49. The number of methoxy groups -OCH3 is 1. The molecule has 142 valence electrons. The van der Waals surface area contributed by atoms with Crippen molar-refractivity contribution in [3.8, 4) is 0 Å². The van der Waals surface area contributed by atoms with Crippen LogP contribution in [0.2, 0.25) is 0 Å². The molecule has 1 amide bonds. The molecule has 4 fully saturated rings. The van der Waals surface area contributed by atoms with E-state index in [1.165, 1.54) is 6.20 Å². The highest BCUT2D eigenvalue weighted by atomic mass is 19.1. The fraction of sp³-hybridized carbons (Fsp3) is 0.722. The summed E-state index contributed by atoms with van der Waals surface area (Å²) in [6.45, 7) is 4.12. The van der Waals surface area contributed by atoms with Gasteiger partial charge in [0.05, 0.1) is 18.7 Å². The molecule has 2 bridgehead atoms. The second-order valence-corrected chi connectivity index (χ2v) is 7.39. The minimum Gasteiger partial charge on any atom is -0.383 e. The van der Waals surface area contributed by atoms with Crippen molar-refractivity contribution in [3.05, 3.63) is 12.0 Å². The number of ether oxygens (including phenoxy) is 1. The number of anilines is 2. The van der Waals surface area contributed by atoms with Crippen LogP contribution in [0.3, 0.4) is 0 Å². The summed E-state index contributed by atoms with van der Waals surface area (Å²) in [4.78, 5) is 27.5. The lowest BCUT2D eigenvalue weighted by atomic mass is 9.94. The number of hydrogen-bond acceptors (Lipinski definition) is 6. The van der Waals surface area contributed by atoms with Crippen molar-refractivity contribution in [2.24, 2.45) is 5.92 Å². The number of halogens is 1. The summed E-state index contributed by atoms with van der Waals surface area (Å²) < 4.78 is 19.4. The zero-order chi connectivity index (χ0) is 18.1. The van der Waals surface area contributed by atoms with Gasteiger partial charge in [0.2, 0.25) is 11.9 Å². The predicted molar refractivity (Wildman–Crippen MR) is 95.8 cm³/mol. The van der Waals surface area contributed by atoms with E-state index in [1.54, 1.807) is 7.11 Å². The molecule has 8 heteroatoms. The lowest BCUT2D eigenvalue weighted by molar-refractivity contribution is -0.140. The third-order valence-electron chi connectivity index (χ3n) is 5.73. The van der Waals surface area contributed by atoms with Crippen LogP contribution in [0.1, 0.15) is 25.7 Å². The topological polar surface area (TPSA) is 61.8 Å². The van der Waals surface area contributed by atoms with Gasteiger partial charge in [-0.2, -0.15) is 4.98 Å². The summed E-state index contributed by atoms with van der Waals surface area (Å²) in [7, 11) is 1.65. The Balaban J connectivity index is 1.57. The lowest BCUT2D eigenvalue weighted by Gasteiger charge is -2.35. The number of nitrogens with zero attached hydrogens (tertiary/aromatic N) is 5. The first-order chi connectivity index (χ1) is 12.7. The number of hydrogen-bond donors (Lipinski definition) is 0. The molecule has 2 atom stereocenters. The van der Waals surface area contributed by atoms with Crippen LogP contribution in [0.4, 0.5) is 16.2 Å².